The fourth-order valence-electron chi connectivity index (χ4n) is 4.33. The third-order valence-corrected chi connectivity index (χ3v) is 5.97. The molecule has 8 nitrogen and oxygen atoms in total. The maximum atomic E-state index is 15.2. The number of piperidine rings is 1. The quantitative estimate of drug-likeness (QED) is 0.742. The zero-order valence-electron chi connectivity index (χ0n) is 16.6. The van der Waals surface area contributed by atoms with Crippen LogP contribution >= 0.6 is 0 Å². The van der Waals surface area contributed by atoms with E-state index in [4.69, 9.17) is 9.84 Å². The van der Waals surface area contributed by atoms with Gasteiger partial charge in [0.1, 0.15) is 11.3 Å². The van der Waals surface area contributed by atoms with Crippen molar-refractivity contribution < 1.29 is 28.9 Å². The number of aromatic carboxylic acids is 1. The maximum Gasteiger partial charge on any atom is 0.341 e. The lowest BCUT2D eigenvalue weighted by atomic mass is 9.93. The van der Waals surface area contributed by atoms with E-state index in [-0.39, 0.29) is 35.2 Å². The number of rotatable bonds is 6. The monoisotopic (exact) mass is 418 g/mol. The molecule has 160 valence electrons. The van der Waals surface area contributed by atoms with Gasteiger partial charge in [0.2, 0.25) is 5.43 Å². The molecule has 30 heavy (non-hydrogen) atoms. The Balaban J connectivity index is 1.84. The molecule has 2 aliphatic rings. The van der Waals surface area contributed by atoms with Crippen LogP contribution in [-0.2, 0) is 4.79 Å². The second-order valence-corrected chi connectivity index (χ2v) is 7.98. The van der Waals surface area contributed by atoms with Crippen LogP contribution in [0.2, 0.25) is 0 Å². The summed E-state index contributed by atoms with van der Waals surface area (Å²) in [4.78, 5) is 37.1. The van der Waals surface area contributed by atoms with Crippen LogP contribution in [0.25, 0.3) is 10.9 Å². The van der Waals surface area contributed by atoms with Gasteiger partial charge in [-0.15, -0.1) is 0 Å². The van der Waals surface area contributed by atoms with E-state index in [0.717, 1.165) is 18.9 Å². The van der Waals surface area contributed by atoms with Crippen molar-refractivity contribution in [2.75, 3.05) is 25.1 Å². The molecule has 1 aliphatic carbocycles. The highest BCUT2D eigenvalue weighted by Gasteiger charge is 2.32. The number of ether oxygens (including phenoxy) is 1. The van der Waals surface area contributed by atoms with E-state index >= 15 is 4.39 Å². The number of fused-ring (bicyclic) bond motifs is 1. The second-order valence-electron chi connectivity index (χ2n) is 7.98. The normalized spacial score (nSPS) is 17.3. The number of carbonyl (C=O) groups is 2. The Kier molecular flexibility index (Phi) is 5.13. The van der Waals surface area contributed by atoms with Gasteiger partial charge in [0.25, 0.3) is 0 Å². The van der Waals surface area contributed by atoms with Crippen molar-refractivity contribution in [3.8, 4) is 5.75 Å². The molecule has 2 aromatic rings. The minimum atomic E-state index is -1.35. The SMILES string of the molecule is COc1c(N2CCC(CC(=O)O)CC2)c(F)cc2c(=O)c(C(=O)O)cn(C3CC3)c12. The molecule has 0 bridgehead atoms. The topological polar surface area (TPSA) is 109 Å². The van der Waals surface area contributed by atoms with Crippen LogP contribution in [0.15, 0.2) is 17.1 Å². The molecule has 0 unspecified atom stereocenters. The first-order valence-corrected chi connectivity index (χ1v) is 9.97. The largest absolute Gasteiger partial charge is 0.492 e. The Morgan fingerprint density at radius 1 is 1.20 bits per heavy atom. The Bertz CT molecular complexity index is 1080. The summed E-state index contributed by atoms with van der Waals surface area (Å²) in [6.07, 6.45) is 4.32. The van der Waals surface area contributed by atoms with E-state index in [1.54, 1.807) is 4.57 Å². The summed E-state index contributed by atoms with van der Waals surface area (Å²) in [5.41, 5.74) is -0.494. The Morgan fingerprint density at radius 3 is 2.40 bits per heavy atom. The van der Waals surface area contributed by atoms with Crippen LogP contribution in [0.5, 0.6) is 5.75 Å². The maximum absolute atomic E-state index is 15.2. The molecule has 0 amide bonds. The summed E-state index contributed by atoms with van der Waals surface area (Å²) in [6.45, 7) is 0.940. The van der Waals surface area contributed by atoms with E-state index in [2.05, 4.69) is 0 Å². The van der Waals surface area contributed by atoms with Crippen molar-refractivity contribution in [1.82, 2.24) is 4.57 Å². The van der Waals surface area contributed by atoms with Crippen LogP contribution in [0.3, 0.4) is 0 Å². The van der Waals surface area contributed by atoms with Crippen LogP contribution in [0.4, 0.5) is 10.1 Å². The number of aliphatic carboxylic acids is 1. The first kappa shape index (κ1) is 20.2. The van der Waals surface area contributed by atoms with Crippen molar-refractivity contribution in [2.24, 2.45) is 5.92 Å². The highest BCUT2D eigenvalue weighted by Crippen LogP contribution is 2.44. The minimum absolute atomic E-state index is 0.0133. The summed E-state index contributed by atoms with van der Waals surface area (Å²) in [6, 6.07) is 1.14. The first-order chi connectivity index (χ1) is 14.3. The van der Waals surface area contributed by atoms with Crippen molar-refractivity contribution in [1.29, 1.82) is 0 Å². The molecule has 0 spiro atoms. The number of pyridine rings is 1. The smallest absolute Gasteiger partial charge is 0.341 e. The minimum Gasteiger partial charge on any atom is -0.492 e. The second kappa shape index (κ2) is 7.62. The number of hydrogen-bond acceptors (Lipinski definition) is 5. The number of benzene rings is 1. The number of halogens is 1. The summed E-state index contributed by atoms with van der Waals surface area (Å²) in [5.74, 6) is -2.59. The van der Waals surface area contributed by atoms with Crippen molar-refractivity contribution in [3.05, 3.63) is 33.9 Å². The molecule has 2 heterocycles. The predicted octanol–water partition coefficient (Wildman–Crippen LogP) is 2.87. The van der Waals surface area contributed by atoms with Crippen LogP contribution < -0.4 is 15.1 Å². The summed E-state index contributed by atoms with van der Waals surface area (Å²) < 4.78 is 22.5. The Hall–Kier alpha value is -3.10. The lowest BCUT2D eigenvalue weighted by molar-refractivity contribution is -0.138. The Morgan fingerprint density at radius 2 is 1.87 bits per heavy atom. The van der Waals surface area contributed by atoms with Crippen molar-refractivity contribution in [2.45, 2.75) is 38.1 Å². The van der Waals surface area contributed by atoms with Gasteiger partial charge in [0.15, 0.2) is 11.6 Å². The van der Waals surface area contributed by atoms with Crippen LogP contribution in [0.1, 0.15) is 48.5 Å². The first-order valence-electron chi connectivity index (χ1n) is 9.97. The fourth-order valence-corrected chi connectivity index (χ4v) is 4.33. The molecule has 1 saturated carbocycles. The fraction of sp³-hybridized carbons (Fsp3) is 0.476. The third kappa shape index (κ3) is 3.48. The number of methoxy groups -OCH3 is 1. The van der Waals surface area contributed by atoms with Gasteiger partial charge in [0.05, 0.1) is 18.0 Å². The molecule has 1 aliphatic heterocycles. The van der Waals surface area contributed by atoms with Crippen LogP contribution in [-0.4, -0.2) is 46.9 Å². The van der Waals surface area contributed by atoms with E-state index in [1.807, 2.05) is 4.90 Å². The van der Waals surface area contributed by atoms with Gasteiger partial charge < -0.3 is 24.4 Å². The molecule has 9 heteroatoms. The summed E-state index contributed by atoms with van der Waals surface area (Å²) >= 11 is 0. The number of nitrogens with zero attached hydrogens (tertiary/aromatic N) is 2. The number of hydrogen-bond donors (Lipinski definition) is 2. The standard InChI is InChI=1S/C21H23FN2O6/c1-30-20-17-13(19(27)14(21(28)29)10-24(17)12-2-3-12)9-15(22)18(20)23-6-4-11(5-7-23)8-16(25)26/h9-12H,2-8H2,1H3,(H,25,26)(H,28,29). The Labute approximate surface area is 171 Å². The summed E-state index contributed by atoms with van der Waals surface area (Å²) in [7, 11) is 1.40. The van der Waals surface area contributed by atoms with Gasteiger partial charge >= 0.3 is 11.9 Å². The molecule has 1 aromatic heterocycles. The van der Waals surface area contributed by atoms with Gasteiger partial charge in [0, 0.05) is 31.7 Å². The van der Waals surface area contributed by atoms with Crippen molar-refractivity contribution >= 4 is 28.5 Å². The van der Waals surface area contributed by atoms with Gasteiger partial charge in [-0.25, -0.2) is 9.18 Å². The van der Waals surface area contributed by atoms with Gasteiger partial charge in [-0.05, 0) is 37.7 Å². The van der Waals surface area contributed by atoms with E-state index in [0.29, 0.717) is 31.4 Å². The number of carboxylic acid groups (broad SMARTS) is 2. The number of anilines is 1. The zero-order valence-corrected chi connectivity index (χ0v) is 16.6. The zero-order chi connectivity index (χ0) is 21.6. The average molecular weight is 418 g/mol. The van der Waals surface area contributed by atoms with Gasteiger partial charge in [-0.1, -0.05) is 0 Å². The van der Waals surface area contributed by atoms with E-state index < -0.39 is 28.7 Å². The third-order valence-electron chi connectivity index (χ3n) is 5.97. The molecule has 4 rings (SSSR count). The lowest BCUT2D eigenvalue weighted by Crippen LogP contribution is -2.35. The number of aromatic nitrogens is 1. The molecule has 2 fully saturated rings. The van der Waals surface area contributed by atoms with Crippen LogP contribution in [0, 0.1) is 11.7 Å². The molecule has 1 aromatic carbocycles. The average Bonchev–Trinajstić information content (AvgIpc) is 3.53. The van der Waals surface area contributed by atoms with Crippen molar-refractivity contribution in [3.63, 3.8) is 0 Å². The predicted molar refractivity (Wildman–Crippen MR) is 107 cm³/mol. The molecular formula is C21H23FN2O6. The van der Waals surface area contributed by atoms with E-state index in [9.17, 15) is 19.5 Å². The molecule has 0 radical (unpaired) electrons. The molecule has 2 N–H and O–H groups in total. The molecular weight excluding hydrogens is 395 g/mol. The van der Waals surface area contributed by atoms with Gasteiger partial charge in [-0.2, -0.15) is 0 Å². The number of carboxylic acids is 2. The highest BCUT2D eigenvalue weighted by molar-refractivity contribution is 5.97. The molecule has 0 atom stereocenters. The lowest BCUT2D eigenvalue weighted by Gasteiger charge is -2.34. The summed E-state index contributed by atoms with van der Waals surface area (Å²) in [5, 5.41) is 18.4. The van der Waals surface area contributed by atoms with Gasteiger partial charge in [-0.3, -0.25) is 9.59 Å². The van der Waals surface area contributed by atoms with E-state index in [1.165, 1.54) is 13.3 Å². The highest BCUT2D eigenvalue weighted by atomic mass is 19.1. The molecule has 1 saturated heterocycles.